The molecule has 14 heteroatoms. The Morgan fingerprint density at radius 2 is 1.74 bits per heavy atom. The molecule has 2 saturated heterocycles. The number of nitrogens with zero attached hydrogens (tertiary/aromatic N) is 5. The average Bonchev–Trinajstić information content (AvgIpc) is 3.92. The number of ether oxygens (including phenoxy) is 1. The summed E-state index contributed by atoms with van der Waals surface area (Å²) in [5.41, 5.74) is 8.48. The third-order valence-corrected chi connectivity index (χ3v) is 13.8. The van der Waals surface area contributed by atoms with Crippen LogP contribution < -0.4 is 10.7 Å². The number of hydrogen-bond acceptors (Lipinski definition) is 9. The zero-order valence-corrected chi connectivity index (χ0v) is 41.1. The van der Waals surface area contributed by atoms with Crippen molar-refractivity contribution in [2.24, 2.45) is 17.3 Å². The van der Waals surface area contributed by atoms with Gasteiger partial charge in [-0.15, -0.1) is 6.58 Å². The molecule has 0 saturated carbocycles. The third kappa shape index (κ3) is 10.1. The molecule has 3 N–H and O–H groups in total. The molecule has 0 radical (unpaired) electrons. The number of phenols is 1. The second-order valence-electron chi connectivity index (χ2n) is 20.3. The molecule has 4 atom stereocenters. The fourth-order valence-corrected chi connectivity index (χ4v) is 10.5. The van der Waals surface area contributed by atoms with Gasteiger partial charge in [0.2, 0.25) is 17.7 Å². The smallest absolute Gasteiger partial charge is 0.324 e. The Morgan fingerprint density at radius 1 is 0.985 bits per heavy atom. The van der Waals surface area contributed by atoms with Crippen molar-refractivity contribution in [1.29, 1.82) is 0 Å². The Balaban J connectivity index is 1.35. The van der Waals surface area contributed by atoms with Gasteiger partial charge in [0, 0.05) is 68.1 Å². The lowest BCUT2D eigenvalue weighted by Crippen LogP contribution is -2.67. The Hall–Kier alpha value is -6.25. The van der Waals surface area contributed by atoms with Gasteiger partial charge in [-0.2, -0.15) is 0 Å². The van der Waals surface area contributed by atoms with Crippen LogP contribution in [0.1, 0.15) is 70.6 Å². The number of aromatic nitrogens is 1. The van der Waals surface area contributed by atoms with Gasteiger partial charge in [0.1, 0.15) is 23.4 Å². The van der Waals surface area contributed by atoms with Crippen molar-refractivity contribution in [3.63, 3.8) is 0 Å². The van der Waals surface area contributed by atoms with Gasteiger partial charge in [-0.25, -0.2) is 5.43 Å². The second kappa shape index (κ2) is 20.1. The summed E-state index contributed by atoms with van der Waals surface area (Å²) in [6, 6.07) is 18.1. The van der Waals surface area contributed by atoms with Gasteiger partial charge in [-0.05, 0) is 111 Å². The molecule has 4 aromatic rings. The normalized spacial score (nSPS) is 21.3. The highest BCUT2D eigenvalue weighted by molar-refractivity contribution is 5.98. The van der Waals surface area contributed by atoms with E-state index in [0.717, 1.165) is 39.8 Å². The van der Waals surface area contributed by atoms with Crippen LogP contribution in [0.5, 0.6) is 5.75 Å². The monoisotopic (exact) mass is 928 g/mol. The van der Waals surface area contributed by atoms with Crippen molar-refractivity contribution in [3.05, 3.63) is 103 Å². The highest BCUT2D eigenvalue weighted by Gasteiger charge is 2.46. The number of nitrogens with one attached hydrogen (secondary N) is 2. The van der Waals surface area contributed by atoms with Gasteiger partial charge in [-0.3, -0.25) is 29.0 Å². The van der Waals surface area contributed by atoms with Crippen molar-refractivity contribution in [1.82, 2.24) is 35.0 Å². The van der Waals surface area contributed by atoms with Crippen molar-refractivity contribution in [2.75, 3.05) is 47.4 Å². The number of phenolic OH excluding ortho intramolecular Hbond substituents is 1. The number of hydrazine groups is 1. The maximum Gasteiger partial charge on any atom is 0.324 e. The molecule has 1 aromatic heterocycles. The van der Waals surface area contributed by atoms with Gasteiger partial charge in [0.05, 0.1) is 18.2 Å². The van der Waals surface area contributed by atoms with E-state index in [4.69, 9.17) is 4.74 Å². The molecule has 6 bridgehead atoms. The molecule has 3 aliphatic rings. The van der Waals surface area contributed by atoms with Crippen molar-refractivity contribution in [3.8, 4) is 28.1 Å². The van der Waals surface area contributed by atoms with Crippen LogP contribution in [0.25, 0.3) is 33.3 Å². The zero-order valence-electron chi connectivity index (χ0n) is 41.1. The van der Waals surface area contributed by atoms with Crippen LogP contribution in [0.3, 0.4) is 0 Å². The first kappa shape index (κ1) is 49.6. The number of carbonyl (C=O) groups is 5. The zero-order chi connectivity index (χ0) is 49.2. The standard InChI is InChI=1S/C54H69N7O7/c1-11-46(63)59-24-22-38(32-59)50(65)58(10)47(34(4)5)49(64)55-54(12-2)29-35-25-39(27-40(62)26-35)36-20-21-45-42(28-36)43(48(60(45)13-3)41-18-15-14-17-37(41)31-57(8)9)30-53(6,7)33-68-51(66)44-19-16-23-61(56-44)52(54)67/h11-12,14-15,17-18,20-21,25-28,34,38,44,47,56,62H,1-2,13,16,19,22-24,29-33H2,3-10H3,(H,55,64)/t38-,44-,47-,54-/m0/s1. The van der Waals surface area contributed by atoms with E-state index in [1.54, 1.807) is 24.1 Å². The number of aryl methyl sites for hydroxylation is 1. The lowest BCUT2D eigenvalue weighted by molar-refractivity contribution is -0.156. The molecule has 362 valence electrons. The molecule has 14 nitrogen and oxygen atoms in total. The van der Waals surface area contributed by atoms with Gasteiger partial charge in [0.15, 0.2) is 0 Å². The van der Waals surface area contributed by atoms with Crippen LogP contribution in [0, 0.1) is 17.3 Å². The summed E-state index contributed by atoms with van der Waals surface area (Å²) in [5.74, 6) is -3.12. The summed E-state index contributed by atoms with van der Waals surface area (Å²) in [6.45, 7) is 20.1. The Bertz CT molecular complexity index is 2610. The third-order valence-electron chi connectivity index (χ3n) is 13.8. The number of fused-ring (bicyclic) bond motifs is 6. The fourth-order valence-electron chi connectivity index (χ4n) is 10.5. The minimum absolute atomic E-state index is 0.0284. The van der Waals surface area contributed by atoms with Gasteiger partial charge >= 0.3 is 5.97 Å². The quantitative estimate of drug-likeness (QED) is 0.0871. The van der Waals surface area contributed by atoms with E-state index >= 15 is 4.79 Å². The molecule has 4 heterocycles. The summed E-state index contributed by atoms with van der Waals surface area (Å²) in [6.07, 6.45) is 4.43. The van der Waals surface area contributed by atoms with Crippen LogP contribution >= 0.6 is 0 Å². The van der Waals surface area contributed by atoms with Gasteiger partial charge in [0.25, 0.3) is 5.91 Å². The van der Waals surface area contributed by atoms with Crippen LogP contribution in [0.4, 0.5) is 0 Å². The molecule has 3 aromatic carbocycles. The number of likely N-dealkylation sites (N-methyl/N-ethyl adjacent to an activating group) is 1. The Morgan fingerprint density at radius 3 is 2.43 bits per heavy atom. The first-order valence-corrected chi connectivity index (χ1v) is 23.9. The summed E-state index contributed by atoms with van der Waals surface area (Å²) >= 11 is 0. The predicted octanol–water partition coefficient (Wildman–Crippen LogP) is 6.48. The summed E-state index contributed by atoms with van der Waals surface area (Å²) in [5, 5.41) is 16.9. The van der Waals surface area contributed by atoms with E-state index in [2.05, 4.69) is 105 Å². The van der Waals surface area contributed by atoms with Crippen LogP contribution in [0.2, 0.25) is 0 Å². The number of hydrogen-bond donors (Lipinski definition) is 3. The van der Waals surface area contributed by atoms with E-state index in [0.29, 0.717) is 49.9 Å². The van der Waals surface area contributed by atoms with Crippen molar-refractivity contribution < 1.29 is 33.8 Å². The van der Waals surface area contributed by atoms with Crippen molar-refractivity contribution in [2.45, 2.75) is 97.4 Å². The predicted molar refractivity (Wildman–Crippen MR) is 265 cm³/mol. The van der Waals surface area contributed by atoms with Crippen LogP contribution in [-0.4, -0.2) is 124 Å². The highest BCUT2D eigenvalue weighted by atomic mass is 16.5. The van der Waals surface area contributed by atoms with E-state index in [1.807, 2.05) is 26.0 Å². The number of rotatable bonds is 11. The molecule has 4 amide bonds. The summed E-state index contributed by atoms with van der Waals surface area (Å²) < 4.78 is 8.52. The van der Waals surface area contributed by atoms with E-state index in [-0.39, 0.29) is 49.6 Å². The maximum atomic E-state index is 15.2. The summed E-state index contributed by atoms with van der Waals surface area (Å²) in [7, 11) is 5.70. The second-order valence-corrected chi connectivity index (χ2v) is 20.3. The molecule has 2 fully saturated rings. The largest absolute Gasteiger partial charge is 0.508 e. The molecule has 68 heavy (non-hydrogen) atoms. The van der Waals surface area contributed by atoms with E-state index in [9.17, 15) is 24.3 Å². The van der Waals surface area contributed by atoms with Crippen LogP contribution in [0.15, 0.2) is 86.0 Å². The molecule has 0 unspecified atom stereocenters. The molecular weight excluding hydrogens is 859 g/mol. The molecule has 0 spiro atoms. The number of esters is 1. The highest BCUT2D eigenvalue weighted by Crippen LogP contribution is 2.42. The first-order valence-electron chi connectivity index (χ1n) is 23.9. The number of cyclic esters (lactones) is 1. The number of likely N-dealkylation sites (tertiary alicyclic amines) is 1. The van der Waals surface area contributed by atoms with Crippen molar-refractivity contribution >= 4 is 40.5 Å². The first-order chi connectivity index (χ1) is 32.3. The van der Waals surface area contributed by atoms with E-state index < -0.39 is 46.7 Å². The van der Waals surface area contributed by atoms with E-state index in [1.165, 1.54) is 27.6 Å². The molecule has 3 aliphatic heterocycles. The summed E-state index contributed by atoms with van der Waals surface area (Å²) in [4.78, 5) is 75.7. The Kier molecular flexibility index (Phi) is 14.7. The number of carbonyl (C=O) groups excluding carboxylic acids is 5. The minimum Gasteiger partial charge on any atom is -0.508 e. The number of amides is 4. The van der Waals surface area contributed by atoms with Crippen LogP contribution in [-0.2, 0) is 54.6 Å². The molecule has 0 aliphatic carbocycles. The molecule has 7 rings (SSSR count). The Labute approximate surface area is 400 Å². The van der Waals surface area contributed by atoms with Gasteiger partial charge < -0.3 is 34.4 Å². The number of benzene rings is 3. The lowest BCUT2D eigenvalue weighted by atomic mass is 9.83. The maximum absolute atomic E-state index is 15.2. The SMILES string of the molecule is C=CC(=O)N1CC[C@H](C(=O)N(C)[C@H](C(=O)N[C@@]2(C=C)Cc3cc(O)cc(c3)-c3ccc4c(c3)c(c(-c3ccccc3CN(C)C)n4CC)CC(C)(C)COC(=O)[C@@H]3CCCN(N3)C2=O)C(C)C)C1. The molecular formula is C54H69N7O7. The fraction of sp³-hybridized carbons (Fsp3) is 0.463. The topological polar surface area (TPSA) is 157 Å². The number of aromatic hydroxyl groups is 1. The minimum atomic E-state index is -1.82. The average molecular weight is 928 g/mol. The van der Waals surface area contributed by atoms with Gasteiger partial charge in [-0.1, -0.05) is 76.7 Å². The lowest BCUT2D eigenvalue weighted by Gasteiger charge is -2.41.